The van der Waals surface area contributed by atoms with E-state index >= 15 is 0 Å². The molecule has 0 fully saturated rings. The summed E-state index contributed by atoms with van der Waals surface area (Å²) in [5.74, 6) is 0. The van der Waals surface area contributed by atoms with E-state index in [1.165, 1.54) is 43.6 Å². The first-order valence-corrected chi connectivity index (χ1v) is 16.9. The molecule has 0 saturated carbocycles. The molecule has 0 aliphatic rings. The standard InChI is InChI=1S/C47H30N2O/c1-3-10-34-24-39(18-16-31(34)8-1)33-20-22-41(23-21-33)49(42-15-7-14-36(26-42)40-19-17-32-9-2-4-11-35(32)25-40)43-29-45-44-27-37-12-5-6-13-38(37)28-46(44)50-47(45)48-30-43/h1-30H. The van der Waals surface area contributed by atoms with Crippen molar-refractivity contribution in [3.8, 4) is 22.3 Å². The van der Waals surface area contributed by atoms with Gasteiger partial charge in [0.15, 0.2) is 0 Å². The van der Waals surface area contributed by atoms with Crippen LogP contribution < -0.4 is 4.90 Å². The number of pyridine rings is 1. The van der Waals surface area contributed by atoms with Gasteiger partial charge in [-0.3, -0.25) is 0 Å². The van der Waals surface area contributed by atoms with Crippen LogP contribution in [-0.4, -0.2) is 4.98 Å². The van der Waals surface area contributed by atoms with Crippen LogP contribution in [0.4, 0.5) is 17.1 Å². The zero-order valence-electron chi connectivity index (χ0n) is 27.1. The van der Waals surface area contributed by atoms with Gasteiger partial charge in [0.25, 0.3) is 0 Å². The Labute approximate surface area is 289 Å². The lowest BCUT2D eigenvalue weighted by molar-refractivity contribution is 0.654. The molecule has 0 aliphatic carbocycles. The molecular weight excluding hydrogens is 609 g/mol. The highest BCUT2D eigenvalue weighted by Gasteiger charge is 2.18. The van der Waals surface area contributed by atoms with Crippen LogP contribution in [0, 0.1) is 0 Å². The fourth-order valence-corrected chi connectivity index (χ4v) is 7.27. The number of aromatic nitrogens is 1. The highest BCUT2D eigenvalue weighted by Crippen LogP contribution is 2.40. The van der Waals surface area contributed by atoms with Gasteiger partial charge in [-0.15, -0.1) is 0 Å². The second kappa shape index (κ2) is 11.5. The van der Waals surface area contributed by atoms with Crippen LogP contribution in [-0.2, 0) is 0 Å². The Morgan fingerprint density at radius 2 is 0.920 bits per heavy atom. The topological polar surface area (TPSA) is 29.3 Å². The van der Waals surface area contributed by atoms with Gasteiger partial charge < -0.3 is 9.32 Å². The summed E-state index contributed by atoms with van der Waals surface area (Å²) in [5.41, 5.74) is 9.23. The molecule has 0 radical (unpaired) electrons. The van der Waals surface area contributed by atoms with Crippen molar-refractivity contribution < 1.29 is 4.42 Å². The Morgan fingerprint density at radius 1 is 0.360 bits per heavy atom. The van der Waals surface area contributed by atoms with E-state index < -0.39 is 0 Å². The fraction of sp³-hybridized carbons (Fsp3) is 0. The summed E-state index contributed by atoms with van der Waals surface area (Å²) in [5, 5.41) is 9.32. The minimum absolute atomic E-state index is 0.635. The molecule has 0 bridgehead atoms. The molecule has 10 rings (SSSR count). The molecule has 0 N–H and O–H groups in total. The van der Waals surface area contributed by atoms with E-state index in [0.717, 1.165) is 44.4 Å². The van der Waals surface area contributed by atoms with Crippen LogP contribution in [0.5, 0.6) is 0 Å². The second-order valence-electron chi connectivity index (χ2n) is 12.9. The van der Waals surface area contributed by atoms with Gasteiger partial charge in [0.2, 0.25) is 5.71 Å². The number of benzene rings is 8. The molecule has 0 saturated heterocycles. The number of fused-ring (bicyclic) bond motifs is 6. The summed E-state index contributed by atoms with van der Waals surface area (Å²) < 4.78 is 6.28. The summed E-state index contributed by atoms with van der Waals surface area (Å²) in [4.78, 5) is 7.17. The third-order valence-corrected chi connectivity index (χ3v) is 9.84. The van der Waals surface area contributed by atoms with Crippen molar-refractivity contribution in [1.82, 2.24) is 4.98 Å². The Kier molecular flexibility index (Phi) is 6.49. The molecule has 0 unspecified atom stereocenters. The predicted molar refractivity (Wildman–Crippen MR) is 210 cm³/mol. The molecule has 8 aromatic carbocycles. The van der Waals surface area contributed by atoms with Crippen LogP contribution in [0.2, 0.25) is 0 Å². The number of furan rings is 1. The molecule has 2 aromatic heterocycles. The van der Waals surface area contributed by atoms with Crippen LogP contribution in [0.15, 0.2) is 187 Å². The SMILES string of the molecule is c1cc(-c2ccc3ccccc3c2)cc(N(c2ccc(-c3ccc4ccccc4c3)cc2)c2cnc3oc4cc5ccccc5cc4c3c2)c1. The van der Waals surface area contributed by atoms with Crippen LogP contribution >= 0.6 is 0 Å². The molecule has 234 valence electrons. The lowest BCUT2D eigenvalue weighted by Crippen LogP contribution is -2.10. The van der Waals surface area contributed by atoms with Gasteiger partial charge >= 0.3 is 0 Å². The highest BCUT2D eigenvalue weighted by atomic mass is 16.3. The molecule has 50 heavy (non-hydrogen) atoms. The quantitative estimate of drug-likeness (QED) is 0.188. The van der Waals surface area contributed by atoms with Crippen LogP contribution in [0.1, 0.15) is 0 Å². The normalized spacial score (nSPS) is 11.6. The van der Waals surface area contributed by atoms with Crippen molar-refractivity contribution in [2.24, 2.45) is 0 Å². The number of rotatable bonds is 5. The van der Waals surface area contributed by atoms with E-state index in [1.54, 1.807) is 0 Å². The summed E-state index contributed by atoms with van der Waals surface area (Å²) in [6.45, 7) is 0. The van der Waals surface area contributed by atoms with Gasteiger partial charge in [-0.1, -0.05) is 121 Å². The number of hydrogen-bond donors (Lipinski definition) is 0. The smallest absolute Gasteiger partial charge is 0.227 e. The minimum atomic E-state index is 0.635. The molecular formula is C47H30N2O. The van der Waals surface area contributed by atoms with Crippen molar-refractivity contribution >= 4 is 71.4 Å². The molecule has 2 heterocycles. The van der Waals surface area contributed by atoms with Crippen molar-refractivity contribution in [1.29, 1.82) is 0 Å². The zero-order valence-corrected chi connectivity index (χ0v) is 27.1. The van der Waals surface area contributed by atoms with E-state index in [1.807, 2.05) is 6.20 Å². The first-order chi connectivity index (χ1) is 24.7. The van der Waals surface area contributed by atoms with Crippen molar-refractivity contribution in [3.05, 3.63) is 182 Å². The maximum Gasteiger partial charge on any atom is 0.227 e. The van der Waals surface area contributed by atoms with E-state index in [-0.39, 0.29) is 0 Å². The van der Waals surface area contributed by atoms with Gasteiger partial charge in [0, 0.05) is 16.8 Å². The van der Waals surface area contributed by atoms with Gasteiger partial charge in [0.1, 0.15) is 5.58 Å². The Balaban J connectivity index is 1.12. The molecule has 10 aromatic rings. The Bertz CT molecular complexity index is 2890. The number of nitrogens with zero attached hydrogens (tertiary/aromatic N) is 2. The number of hydrogen-bond acceptors (Lipinski definition) is 3. The van der Waals surface area contributed by atoms with Crippen LogP contribution in [0.3, 0.4) is 0 Å². The van der Waals surface area contributed by atoms with E-state index in [9.17, 15) is 0 Å². The average molecular weight is 639 g/mol. The van der Waals surface area contributed by atoms with E-state index in [0.29, 0.717) is 5.71 Å². The summed E-state index contributed by atoms with van der Waals surface area (Å²) in [6.07, 6.45) is 1.92. The zero-order chi connectivity index (χ0) is 33.0. The first-order valence-electron chi connectivity index (χ1n) is 16.9. The summed E-state index contributed by atoms with van der Waals surface area (Å²) in [6, 6.07) is 62.9. The van der Waals surface area contributed by atoms with Crippen molar-refractivity contribution in [2.75, 3.05) is 4.90 Å². The largest absolute Gasteiger partial charge is 0.438 e. The van der Waals surface area contributed by atoms with Gasteiger partial charge in [-0.25, -0.2) is 4.98 Å². The predicted octanol–water partition coefficient (Wildman–Crippen LogP) is 13.2. The maximum atomic E-state index is 6.28. The van der Waals surface area contributed by atoms with Gasteiger partial charge in [-0.05, 0) is 109 Å². The second-order valence-corrected chi connectivity index (χ2v) is 12.9. The van der Waals surface area contributed by atoms with Crippen LogP contribution in [0.25, 0.3) is 76.6 Å². The van der Waals surface area contributed by atoms with E-state index in [4.69, 9.17) is 9.40 Å². The fourth-order valence-electron chi connectivity index (χ4n) is 7.27. The molecule has 0 atom stereocenters. The molecule has 3 nitrogen and oxygen atoms in total. The lowest BCUT2D eigenvalue weighted by Gasteiger charge is -2.26. The minimum Gasteiger partial charge on any atom is -0.438 e. The Morgan fingerprint density at radius 3 is 1.60 bits per heavy atom. The molecule has 3 heteroatoms. The monoisotopic (exact) mass is 638 g/mol. The third kappa shape index (κ3) is 4.87. The van der Waals surface area contributed by atoms with Gasteiger partial charge in [0.05, 0.1) is 17.3 Å². The third-order valence-electron chi connectivity index (χ3n) is 9.84. The van der Waals surface area contributed by atoms with Crippen molar-refractivity contribution in [3.63, 3.8) is 0 Å². The molecule has 0 amide bonds. The molecule has 0 spiro atoms. The summed E-state index contributed by atoms with van der Waals surface area (Å²) >= 11 is 0. The Hall–Kier alpha value is -6.71. The van der Waals surface area contributed by atoms with Gasteiger partial charge in [-0.2, -0.15) is 0 Å². The lowest BCUT2D eigenvalue weighted by atomic mass is 10.00. The van der Waals surface area contributed by atoms with Crippen molar-refractivity contribution in [2.45, 2.75) is 0 Å². The average Bonchev–Trinajstić information content (AvgIpc) is 3.53. The number of anilines is 3. The van der Waals surface area contributed by atoms with E-state index in [2.05, 4.69) is 181 Å². The maximum absolute atomic E-state index is 6.28. The molecule has 0 aliphatic heterocycles. The highest BCUT2D eigenvalue weighted by molar-refractivity contribution is 6.10. The first kappa shape index (κ1) is 28.3. The summed E-state index contributed by atoms with van der Waals surface area (Å²) in [7, 11) is 0.